The molecule has 0 radical (unpaired) electrons. The number of anilines is 1. The Morgan fingerprint density at radius 2 is 1.72 bits per heavy atom. The molecule has 18 heavy (non-hydrogen) atoms. The number of hydrogen-bond acceptors (Lipinski definition) is 4. The number of halogens is 3. The fourth-order valence-corrected chi connectivity index (χ4v) is 2.25. The van der Waals surface area contributed by atoms with Gasteiger partial charge in [-0.15, -0.1) is 0 Å². The summed E-state index contributed by atoms with van der Waals surface area (Å²) in [6.45, 7) is 1.56. The predicted molar refractivity (Wildman–Crippen MR) is 60.0 cm³/mol. The molecule has 0 spiro atoms. The summed E-state index contributed by atoms with van der Waals surface area (Å²) in [7, 11) is -5.25. The van der Waals surface area contributed by atoms with Crippen LogP contribution in [0, 0.1) is 0 Å². The molecule has 1 fully saturated rings. The maximum absolute atomic E-state index is 12.3. The van der Waals surface area contributed by atoms with E-state index in [4.69, 9.17) is 0 Å². The maximum Gasteiger partial charge on any atom is 0.501 e. The summed E-state index contributed by atoms with van der Waals surface area (Å²) < 4.78 is 59.0. The minimum absolute atomic E-state index is 0.232. The van der Waals surface area contributed by atoms with Crippen molar-refractivity contribution in [3.63, 3.8) is 0 Å². The number of rotatable bonds is 3. The van der Waals surface area contributed by atoms with Crippen LogP contribution in [0.15, 0.2) is 29.2 Å². The van der Waals surface area contributed by atoms with E-state index in [9.17, 15) is 21.6 Å². The molecule has 1 saturated heterocycles. The highest BCUT2D eigenvalue weighted by Crippen LogP contribution is 2.30. The Kier molecular flexibility index (Phi) is 3.24. The molecule has 0 atom stereocenters. The SMILES string of the molecule is O=S(=O)(c1ccc(NC2CNC2)cc1)C(F)(F)F. The van der Waals surface area contributed by atoms with E-state index in [0.717, 1.165) is 25.2 Å². The number of benzene rings is 1. The van der Waals surface area contributed by atoms with Gasteiger partial charge in [-0.05, 0) is 24.3 Å². The molecule has 1 aliphatic rings. The number of hydrogen-bond donors (Lipinski definition) is 2. The van der Waals surface area contributed by atoms with Crippen LogP contribution in [0.25, 0.3) is 0 Å². The Hall–Kier alpha value is -1.28. The van der Waals surface area contributed by atoms with E-state index in [1.807, 2.05) is 0 Å². The lowest BCUT2D eigenvalue weighted by Gasteiger charge is -2.29. The molecule has 8 heteroatoms. The number of alkyl halides is 3. The zero-order chi connectivity index (χ0) is 13.4. The molecule has 0 saturated carbocycles. The highest BCUT2D eigenvalue weighted by Gasteiger charge is 2.46. The molecular weight excluding hydrogens is 269 g/mol. The van der Waals surface area contributed by atoms with Crippen LogP contribution in [0.3, 0.4) is 0 Å². The van der Waals surface area contributed by atoms with E-state index in [1.54, 1.807) is 0 Å². The van der Waals surface area contributed by atoms with Gasteiger partial charge >= 0.3 is 5.51 Å². The van der Waals surface area contributed by atoms with E-state index in [0.29, 0.717) is 5.69 Å². The van der Waals surface area contributed by atoms with Crippen LogP contribution >= 0.6 is 0 Å². The van der Waals surface area contributed by atoms with E-state index < -0.39 is 20.2 Å². The Morgan fingerprint density at radius 1 is 1.17 bits per heavy atom. The Morgan fingerprint density at radius 3 is 2.11 bits per heavy atom. The highest BCUT2D eigenvalue weighted by atomic mass is 32.2. The van der Waals surface area contributed by atoms with Gasteiger partial charge in [-0.3, -0.25) is 0 Å². The van der Waals surface area contributed by atoms with Gasteiger partial charge in [0.05, 0.1) is 10.9 Å². The summed E-state index contributed by atoms with van der Waals surface area (Å²) in [4.78, 5) is -0.743. The lowest BCUT2D eigenvalue weighted by Crippen LogP contribution is -2.51. The molecule has 0 aliphatic carbocycles. The van der Waals surface area contributed by atoms with Gasteiger partial charge in [-0.25, -0.2) is 8.42 Å². The molecule has 1 aromatic rings. The lowest BCUT2D eigenvalue weighted by atomic mass is 10.1. The molecule has 0 aromatic heterocycles. The Bertz CT molecular complexity index is 521. The van der Waals surface area contributed by atoms with E-state index in [-0.39, 0.29) is 6.04 Å². The van der Waals surface area contributed by atoms with Crippen LogP contribution in [-0.2, 0) is 9.84 Å². The van der Waals surface area contributed by atoms with E-state index in [2.05, 4.69) is 10.6 Å². The van der Waals surface area contributed by atoms with E-state index in [1.165, 1.54) is 12.1 Å². The second-order valence-corrected chi connectivity index (χ2v) is 5.91. The third kappa shape index (κ3) is 2.44. The van der Waals surface area contributed by atoms with Gasteiger partial charge in [0.15, 0.2) is 0 Å². The molecule has 100 valence electrons. The molecule has 2 rings (SSSR count). The summed E-state index contributed by atoms with van der Waals surface area (Å²) >= 11 is 0. The summed E-state index contributed by atoms with van der Waals surface area (Å²) in [5.41, 5.74) is -4.66. The Labute approximate surface area is 102 Å². The molecule has 1 heterocycles. The van der Waals surface area contributed by atoms with Gasteiger partial charge in [0.25, 0.3) is 9.84 Å². The van der Waals surface area contributed by atoms with Crippen molar-refractivity contribution in [2.75, 3.05) is 18.4 Å². The van der Waals surface area contributed by atoms with Crippen molar-refractivity contribution in [2.24, 2.45) is 0 Å². The predicted octanol–water partition coefficient (Wildman–Crippen LogP) is 1.36. The van der Waals surface area contributed by atoms with Crippen LogP contribution in [0.1, 0.15) is 0 Å². The van der Waals surface area contributed by atoms with Crippen molar-refractivity contribution in [1.82, 2.24) is 5.32 Å². The molecule has 4 nitrogen and oxygen atoms in total. The first kappa shape index (κ1) is 13.2. The van der Waals surface area contributed by atoms with Gasteiger partial charge in [0.1, 0.15) is 0 Å². The second-order valence-electron chi connectivity index (χ2n) is 3.97. The smallest absolute Gasteiger partial charge is 0.380 e. The summed E-state index contributed by atoms with van der Waals surface area (Å²) in [6.07, 6.45) is 0. The molecule has 1 aromatic carbocycles. The van der Waals surface area contributed by atoms with Crippen molar-refractivity contribution < 1.29 is 21.6 Å². The largest absolute Gasteiger partial charge is 0.501 e. The molecular formula is C10H11F3N2O2S. The van der Waals surface area contributed by atoms with Crippen LogP contribution in [-0.4, -0.2) is 33.1 Å². The van der Waals surface area contributed by atoms with Crippen LogP contribution in [0.5, 0.6) is 0 Å². The molecule has 0 unspecified atom stereocenters. The van der Waals surface area contributed by atoms with Crippen molar-refractivity contribution in [2.45, 2.75) is 16.4 Å². The van der Waals surface area contributed by atoms with Gasteiger partial charge < -0.3 is 10.6 Å². The zero-order valence-corrected chi connectivity index (χ0v) is 9.98. The van der Waals surface area contributed by atoms with Crippen LogP contribution in [0.4, 0.5) is 18.9 Å². The zero-order valence-electron chi connectivity index (χ0n) is 9.16. The van der Waals surface area contributed by atoms with Gasteiger partial charge in [0.2, 0.25) is 0 Å². The fourth-order valence-electron chi connectivity index (χ4n) is 1.49. The molecule has 0 amide bonds. The lowest BCUT2D eigenvalue weighted by molar-refractivity contribution is -0.0436. The van der Waals surface area contributed by atoms with Crippen molar-refractivity contribution in [3.05, 3.63) is 24.3 Å². The van der Waals surface area contributed by atoms with Crippen LogP contribution in [0.2, 0.25) is 0 Å². The average molecular weight is 280 g/mol. The van der Waals surface area contributed by atoms with Crippen LogP contribution < -0.4 is 10.6 Å². The highest BCUT2D eigenvalue weighted by molar-refractivity contribution is 7.92. The monoisotopic (exact) mass is 280 g/mol. The number of sulfone groups is 1. The van der Waals surface area contributed by atoms with Crippen molar-refractivity contribution in [3.8, 4) is 0 Å². The second kappa shape index (κ2) is 4.43. The maximum atomic E-state index is 12.3. The standard InChI is InChI=1S/C10H11F3N2O2S/c11-10(12,13)18(16,17)9-3-1-7(2-4-9)15-8-5-14-6-8/h1-4,8,14-15H,5-6H2. The Balaban J connectivity index is 2.17. The summed E-state index contributed by atoms with van der Waals surface area (Å²) in [6, 6.07) is 4.80. The van der Waals surface area contributed by atoms with Gasteiger partial charge in [-0.1, -0.05) is 0 Å². The summed E-state index contributed by atoms with van der Waals surface area (Å²) in [5.74, 6) is 0. The average Bonchev–Trinajstić information content (AvgIpc) is 2.22. The molecule has 1 aliphatic heterocycles. The first-order valence-electron chi connectivity index (χ1n) is 5.19. The van der Waals surface area contributed by atoms with E-state index >= 15 is 0 Å². The van der Waals surface area contributed by atoms with Gasteiger partial charge in [-0.2, -0.15) is 13.2 Å². The fraction of sp³-hybridized carbons (Fsp3) is 0.400. The topological polar surface area (TPSA) is 58.2 Å². The molecule has 0 bridgehead atoms. The van der Waals surface area contributed by atoms with Crippen molar-refractivity contribution in [1.29, 1.82) is 0 Å². The first-order chi connectivity index (χ1) is 8.30. The summed E-state index contributed by atoms with van der Waals surface area (Å²) in [5, 5.41) is 6.09. The molecule has 2 N–H and O–H groups in total. The first-order valence-corrected chi connectivity index (χ1v) is 6.68. The van der Waals surface area contributed by atoms with Gasteiger partial charge in [0, 0.05) is 18.8 Å². The van der Waals surface area contributed by atoms with Crippen molar-refractivity contribution >= 4 is 15.5 Å². The third-order valence-electron chi connectivity index (χ3n) is 2.62. The minimum atomic E-state index is -5.26. The number of nitrogens with one attached hydrogen (secondary N) is 2. The minimum Gasteiger partial charge on any atom is -0.380 e. The third-order valence-corrected chi connectivity index (χ3v) is 4.12. The quantitative estimate of drug-likeness (QED) is 0.878. The normalized spacial score (nSPS) is 17.3.